The molecule has 7 heteroatoms. The number of thiophene rings is 1. The Balaban J connectivity index is 1.82. The van der Waals surface area contributed by atoms with Crippen LogP contribution in [0.4, 0.5) is 0 Å². The number of aromatic amines is 1. The maximum absolute atomic E-state index is 11.4. The van der Waals surface area contributed by atoms with Crippen LogP contribution in [0.3, 0.4) is 0 Å². The molecule has 20 heavy (non-hydrogen) atoms. The Bertz CT molecular complexity index is 757. The molecule has 3 aromatic heterocycles. The van der Waals surface area contributed by atoms with Gasteiger partial charge < -0.3 is 0 Å². The molecule has 0 bridgehead atoms. The number of nitrogens with one attached hydrogen (secondary N) is 1. The number of hydrogen-bond acceptors (Lipinski definition) is 5. The number of rotatable bonds is 4. The zero-order valence-electron chi connectivity index (χ0n) is 10.7. The first-order valence-corrected chi connectivity index (χ1v) is 7.99. The summed E-state index contributed by atoms with van der Waals surface area (Å²) in [4.78, 5) is 18.0. The van der Waals surface area contributed by atoms with E-state index in [1.165, 1.54) is 6.33 Å². The average molecular weight is 304 g/mol. The van der Waals surface area contributed by atoms with Gasteiger partial charge in [-0.3, -0.25) is 4.57 Å². The minimum Gasteiger partial charge on any atom is -0.276 e. The Morgan fingerprint density at radius 3 is 2.90 bits per heavy atom. The number of thioether (sulfide) groups is 1. The van der Waals surface area contributed by atoms with Crippen molar-refractivity contribution in [2.45, 2.75) is 11.6 Å². The molecule has 3 aromatic rings. The van der Waals surface area contributed by atoms with Gasteiger partial charge in [-0.2, -0.15) is 5.10 Å². The van der Waals surface area contributed by atoms with Crippen molar-refractivity contribution >= 4 is 23.1 Å². The van der Waals surface area contributed by atoms with Crippen LogP contribution in [0.5, 0.6) is 0 Å². The molecule has 0 atom stereocenters. The minimum atomic E-state index is -0.189. The van der Waals surface area contributed by atoms with Crippen LogP contribution in [-0.4, -0.2) is 26.0 Å². The van der Waals surface area contributed by atoms with Crippen LogP contribution in [0.15, 0.2) is 46.6 Å². The topological polar surface area (TPSA) is 63.6 Å². The summed E-state index contributed by atoms with van der Waals surface area (Å²) < 4.78 is 1.55. The van der Waals surface area contributed by atoms with Crippen molar-refractivity contribution in [2.24, 2.45) is 0 Å². The van der Waals surface area contributed by atoms with Crippen LogP contribution < -0.4 is 5.69 Å². The van der Waals surface area contributed by atoms with Crippen molar-refractivity contribution in [1.29, 1.82) is 0 Å². The second-order valence-corrected chi connectivity index (χ2v) is 6.14. The van der Waals surface area contributed by atoms with E-state index in [0.29, 0.717) is 6.54 Å². The van der Waals surface area contributed by atoms with Gasteiger partial charge in [0.2, 0.25) is 0 Å². The summed E-state index contributed by atoms with van der Waals surface area (Å²) in [7, 11) is 0. The normalized spacial score (nSPS) is 10.8. The lowest BCUT2D eigenvalue weighted by molar-refractivity contribution is 0.772. The first-order valence-electron chi connectivity index (χ1n) is 5.95. The summed E-state index contributed by atoms with van der Waals surface area (Å²) in [5.41, 5.74) is 0.907. The maximum Gasteiger partial charge on any atom is 0.343 e. The van der Waals surface area contributed by atoms with Gasteiger partial charge in [0, 0.05) is 21.5 Å². The van der Waals surface area contributed by atoms with E-state index in [4.69, 9.17) is 0 Å². The maximum atomic E-state index is 11.4. The van der Waals surface area contributed by atoms with Crippen LogP contribution in [0.1, 0.15) is 4.88 Å². The molecule has 0 aliphatic rings. The molecule has 3 heterocycles. The highest BCUT2D eigenvalue weighted by atomic mass is 32.2. The highest BCUT2D eigenvalue weighted by Gasteiger charge is 2.05. The second kappa shape index (κ2) is 5.64. The third kappa shape index (κ3) is 2.68. The van der Waals surface area contributed by atoms with Gasteiger partial charge in [-0.05, 0) is 30.5 Å². The van der Waals surface area contributed by atoms with E-state index in [2.05, 4.69) is 27.3 Å². The first-order chi connectivity index (χ1) is 9.76. The van der Waals surface area contributed by atoms with Crippen LogP contribution in [-0.2, 0) is 6.54 Å². The van der Waals surface area contributed by atoms with Gasteiger partial charge in [0.05, 0.1) is 11.6 Å². The van der Waals surface area contributed by atoms with Gasteiger partial charge in [0.15, 0.2) is 0 Å². The van der Waals surface area contributed by atoms with Crippen molar-refractivity contribution in [3.05, 3.63) is 52.2 Å². The van der Waals surface area contributed by atoms with Crippen LogP contribution in [0.2, 0.25) is 0 Å². The molecule has 0 spiro atoms. The molecule has 1 N–H and O–H groups in total. The van der Waals surface area contributed by atoms with Gasteiger partial charge >= 0.3 is 5.69 Å². The van der Waals surface area contributed by atoms with Crippen LogP contribution in [0.25, 0.3) is 10.4 Å². The Morgan fingerprint density at radius 1 is 1.35 bits per heavy atom. The van der Waals surface area contributed by atoms with Gasteiger partial charge in [-0.1, -0.05) is 0 Å². The number of aromatic nitrogens is 4. The molecule has 0 amide bonds. The standard InChI is InChI=1S/C13H12N4OS2/c1-19-12-5-2-9(6-14-12)11-4-3-10(20-11)7-17-8-15-16-13(17)18/h2-6,8H,7H2,1H3,(H,16,18). The van der Waals surface area contributed by atoms with E-state index in [1.807, 2.05) is 24.6 Å². The quantitative estimate of drug-likeness (QED) is 0.752. The van der Waals surface area contributed by atoms with E-state index in [9.17, 15) is 4.79 Å². The fourth-order valence-corrected chi connectivity index (χ4v) is 3.17. The fourth-order valence-electron chi connectivity index (χ4n) is 1.82. The van der Waals surface area contributed by atoms with Gasteiger partial charge in [0.25, 0.3) is 0 Å². The molecule has 0 radical (unpaired) electrons. The van der Waals surface area contributed by atoms with Crippen molar-refractivity contribution in [1.82, 2.24) is 19.7 Å². The van der Waals surface area contributed by atoms with E-state index < -0.39 is 0 Å². The summed E-state index contributed by atoms with van der Waals surface area (Å²) in [6, 6.07) is 8.17. The van der Waals surface area contributed by atoms with Crippen LogP contribution >= 0.6 is 23.1 Å². The third-order valence-electron chi connectivity index (χ3n) is 2.84. The molecule has 0 aliphatic heterocycles. The zero-order valence-corrected chi connectivity index (χ0v) is 12.4. The molecular weight excluding hydrogens is 292 g/mol. The summed E-state index contributed by atoms with van der Waals surface area (Å²) in [5.74, 6) is 0. The number of hydrogen-bond donors (Lipinski definition) is 1. The Morgan fingerprint density at radius 2 is 2.25 bits per heavy atom. The largest absolute Gasteiger partial charge is 0.343 e. The number of pyridine rings is 1. The summed E-state index contributed by atoms with van der Waals surface area (Å²) in [6.07, 6.45) is 5.40. The molecule has 0 fully saturated rings. The van der Waals surface area contributed by atoms with Gasteiger partial charge in [0.1, 0.15) is 6.33 Å². The average Bonchev–Trinajstić information content (AvgIpc) is 3.10. The SMILES string of the molecule is CSc1ccc(-c2ccc(Cn3cn[nH]c3=O)s2)cn1. The highest BCUT2D eigenvalue weighted by Crippen LogP contribution is 2.28. The lowest BCUT2D eigenvalue weighted by atomic mass is 10.2. The minimum absolute atomic E-state index is 0.189. The predicted octanol–water partition coefficient (Wildman–Crippen LogP) is 2.47. The lowest BCUT2D eigenvalue weighted by Crippen LogP contribution is -2.16. The second-order valence-electron chi connectivity index (χ2n) is 4.14. The molecule has 0 aliphatic carbocycles. The number of nitrogens with zero attached hydrogens (tertiary/aromatic N) is 3. The third-order valence-corrected chi connectivity index (χ3v) is 4.61. The van der Waals surface area contributed by atoms with Crippen molar-refractivity contribution in [2.75, 3.05) is 6.26 Å². The molecule has 0 aromatic carbocycles. The Hall–Kier alpha value is -1.86. The van der Waals surface area contributed by atoms with Crippen LogP contribution in [0, 0.1) is 0 Å². The molecule has 0 saturated carbocycles. The van der Waals surface area contributed by atoms with E-state index in [1.54, 1.807) is 27.7 Å². The molecule has 0 unspecified atom stereocenters. The number of H-pyrrole nitrogens is 1. The smallest absolute Gasteiger partial charge is 0.276 e. The van der Waals surface area contributed by atoms with E-state index in [0.717, 1.165) is 20.3 Å². The van der Waals surface area contributed by atoms with Crippen molar-refractivity contribution in [3.8, 4) is 10.4 Å². The molecule has 5 nitrogen and oxygen atoms in total. The molecule has 102 valence electrons. The van der Waals surface area contributed by atoms with E-state index in [-0.39, 0.29) is 5.69 Å². The lowest BCUT2D eigenvalue weighted by Gasteiger charge is -1.99. The van der Waals surface area contributed by atoms with Crippen molar-refractivity contribution in [3.63, 3.8) is 0 Å². The first kappa shape index (κ1) is 13.1. The summed E-state index contributed by atoms with van der Waals surface area (Å²) in [5, 5.41) is 7.12. The van der Waals surface area contributed by atoms with Gasteiger partial charge in [-0.15, -0.1) is 23.1 Å². The summed E-state index contributed by atoms with van der Waals surface area (Å²) >= 11 is 3.28. The predicted molar refractivity (Wildman–Crippen MR) is 81.3 cm³/mol. The zero-order chi connectivity index (χ0) is 13.9. The monoisotopic (exact) mass is 304 g/mol. The molecule has 0 saturated heterocycles. The molecular formula is C13H12N4OS2. The molecule has 3 rings (SSSR count). The van der Waals surface area contributed by atoms with Gasteiger partial charge in [-0.25, -0.2) is 14.9 Å². The summed E-state index contributed by atoms with van der Waals surface area (Å²) in [6.45, 7) is 0.538. The Labute approximate surface area is 123 Å². The van der Waals surface area contributed by atoms with Crippen molar-refractivity contribution < 1.29 is 0 Å². The fraction of sp³-hybridized carbons (Fsp3) is 0.154. The highest BCUT2D eigenvalue weighted by molar-refractivity contribution is 7.98. The van der Waals surface area contributed by atoms with E-state index >= 15 is 0 Å². The Kier molecular flexibility index (Phi) is 3.70.